The molecule has 8 heteroatoms. The standard InChI is InChI=1S/C26H31N3O4S/c1-17-18(2)20(4)26(21(5)19(17)3)34(31,32)28-13-11-25(30)29-23-9-6-10-24(14-23)33-16-22-8-7-12-27-15-22/h6-10,12,14-15,28H,11,13,16H2,1-5H3,(H,29,30). The fourth-order valence-electron chi connectivity index (χ4n) is 3.78. The maximum atomic E-state index is 13.0. The number of pyridine rings is 1. The van der Waals surface area contributed by atoms with Gasteiger partial charge in [-0.1, -0.05) is 12.1 Å². The summed E-state index contributed by atoms with van der Waals surface area (Å²) in [5.74, 6) is 0.315. The van der Waals surface area contributed by atoms with Crippen LogP contribution >= 0.6 is 0 Å². The number of carbonyl (C=O) groups excluding carboxylic acids is 1. The summed E-state index contributed by atoms with van der Waals surface area (Å²) in [6, 6.07) is 10.8. The molecule has 0 radical (unpaired) electrons. The zero-order chi connectivity index (χ0) is 24.9. The van der Waals surface area contributed by atoms with E-state index in [2.05, 4.69) is 15.0 Å². The van der Waals surface area contributed by atoms with E-state index < -0.39 is 10.0 Å². The predicted octanol–water partition coefficient (Wildman–Crippen LogP) is 4.51. The summed E-state index contributed by atoms with van der Waals surface area (Å²) in [6.07, 6.45) is 3.43. The second-order valence-corrected chi connectivity index (χ2v) is 10.0. The van der Waals surface area contributed by atoms with Crippen LogP contribution in [0, 0.1) is 34.6 Å². The molecule has 3 rings (SSSR count). The minimum Gasteiger partial charge on any atom is -0.489 e. The first-order chi connectivity index (χ1) is 16.1. The van der Waals surface area contributed by atoms with Crippen LogP contribution in [0.5, 0.6) is 5.75 Å². The quantitative estimate of drug-likeness (QED) is 0.469. The SMILES string of the molecule is Cc1c(C)c(C)c(S(=O)(=O)NCCC(=O)Nc2cccc(OCc3cccnc3)c2)c(C)c1C. The summed E-state index contributed by atoms with van der Waals surface area (Å²) in [6.45, 7) is 9.85. The van der Waals surface area contributed by atoms with Crippen molar-refractivity contribution in [3.8, 4) is 5.75 Å². The minimum absolute atomic E-state index is 0.00191. The number of nitrogens with zero attached hydrogens (tertiary/aromatic N) is 1. The average Bonchev–Trinajstić information content (AvgIpc) is 2.81. The van der Waals surface area contributed by atoms with Crippen LogP contribution in [-0.2, 0) is 21.4 Å². The molecule has 34 heavy (non-hydrogen) atoms. The number of ether oxygens (including phenoxy) is 1. The number of anilines is 1. The van der Waals surface area contributed by atoms with Crippen molar-refractivity contribution in [1.29, 1.82) is 0 Å². The third kappa shape index (κ3) is 6.01. The maximum Gasteiger partial charge on any atom is 0.241 e. The van der Waals surface area contributed by atoms with Crippen LogP contribution in [0.15, 0.2) is 53.7 Å². The Hall–Kier alpha value is -3.23. The van der Waals surface area contributed by atoms with Gasteiger partial charge >= 0.3 is 0 Å². The van der Waals surface area contributed by atoms with Crippen LogP contribution < -0.4 is 14.8 Å². The highest BCUT2D eigenvalue weighted by atomic mass is 32.2. The molecule has 2 N–H and O–H groups in total. The van der Waals surface area contributed by atoms with Gasteiger partial charge in [0, 0.05) is 42.7 Å². The summed E-state index contributed by atoms with van der Waals surface area (Å²) < 4.78 is 34.3. The molecule has 1 heterocycles. The van der Waals surface area contributed by atoms with Crippen LogP contribution in [0.1, 0.15) is 39.8 Å². The van der Waals surface area contributed by atoms with Crippen LogP contribution in [0.4, 0.5) is 5.69 Å². The number of rotatable bonds is 9. The third-order valence-electron chi connectivity index (χ3n) is 6.09. The predicted molar refractivity (Wildman–Crippen MR) is 134 cm³/mol. The molecular weight excluding hydrogens is 450 g/mol. The minimum atomic E-state index is -3.75. The first-order valence-electron chi connectivity index (χ1n) is 11.1. The number of carbonyl (C=O) groups is 1. The van der Waals surface area contributed by atoms with Crippen LogP contribution in [0.3, 0.4) is 0 Å². The molecule has 7 nitrogen and oxygen atoms in total. The Morgan fingerprint density at radius 3 is 2.26 bits per heavy atom. The molecule has 0 saturated carbocycles. The van der Waals surface area contributed by atoms with Crippen LogP contribution in [0.25, 0.3) is 0 Å². The Morgan fingerprint density at radius 1 is 0.941 bits per heavy atom. The van der Waals surface area contributed by atoms with Crippen molar-refractivity contribution >= 4 is 21.6 Å². The van der Waals surface area contributed by atoms with Gasteiger partial charge in [-0.2, -0.15) is 0 Å². The molecule has 3 aromatic rings. The number of hydrogen-bond acceptors (Lipinski definition) is 5. The van der Waals surface area contributed by atoms with Gasteiger partial charge in [0.1, 0.15) is 12.4 Å². The lowest BCUT2D eigenvalue weighted by atomic mass is 9.95. The maximum absolute atomic E-state index is 13.0. The molecule has 0 aliphatic carbocycles. The number of sulfonamides is 1. The molecule has 2 aromatic carbocycles. The first-order valence-corrected chi connectivity index (χ1v) is 12.6. The Bertz CT molecular complexity index is 1260. The average molecular weight is 482 g/mol. The molecule has 180 valence electrons. The van der Waals surface area contributed by atoms with Gasteiger partial charge in [0.25, 0.3) is 0 Å². The normalized spacial score (nSPS) is 11.3. The monoisotopic (exact) mass is 481 g/mol. The molecule has 0 fully saturated rings. The number of benzene rings is 2. The lowest BCUT2D eigenvalue weighted by molar-refractivity contribution is -0.116. The van der Waals surface area contributed by atoms with E-state index in [1.54, 1.807) is 36.7 Å². The van der Waals surface area contributed by atoms with Crippen LogP contribution in [-0.4, -0.2) is 25.9 Å². The molecule has 0 bridgehead atoms. The van der Waals surface area contributed by atoms with E-state index in [4.69, 9.17) is 4.74 Å². The van der Waals surface area contributed by atoms with Gasteiger partial charge < -0.3 is 10.1 Å². The Morgan fingerprint density at radius 2 is 1.62 bits per heavy atom. The van der Waals surface area contributed by atoms with Gasteiger partial charge in [-0.05, 0) is 80.6 Å². The molecule has 0 aliphatic heterocycles. The summed E-state index contributed by atoms with van der Waals surface area (Å²) >= 11 is 0. The third-order valence-corrected chi connectivity index (χ3v) is 7.82. The van der Waals surface area contributed by atoms with E-state index >= 15 is 0 Å². The van der Waals surface area contributed by atoms with E-state index in [1.807, 2.05) is 46.8 Å². The summed E-state index contributed by atoms with van der Waals surface area (Å²) in [5, 5.41) is 2.79. The van der Waals surface area contributed by atoms with Crippen molar-refractivity contribution in [2.24, 2.45) is 0 Å². The van der Waals surface area contributed by atoms with E-state index in [9.17, 15) is 13.2 Å². The lowest BCUT2D eigenvalue weighted by Crippen LogP contribution is -2.29. The van der Waals surface area contributed by atoms with Crippen LogP contribution in [0.2, 0.25) is 0 Å². The number of aromatic nitrogens is 1. The highest BCUT2D eigenvalue weighted by Gasteiger charge is 2.23. The molecule has 0 saturated heterocycles. The number of amides is 1. The van der Waals surface area contributed by atoms with Crippen molar-refractivity contribution in [3.05, 3.63) is 82.2 Å². The largest absolute Gasteiger partial charge is 0.489 e. The molecule has 0 atom stereocenters. The number of hydrogen-bond donors (Lipinski definition) is 2. The molecule has 1 amide bonds. The summed E-state index contributed by atoms with van der Waals surface area (Å²) in [4.78, 5) is 16.8. The second kappa shape index (κ2) is 10.8. The highest BCUT2D eigenvalue weighted by molar-refractivity contribution is 7.89. The number of nitrogens with one attached hydrogen (secondary N) is 2. The second-order valence-electron chi connectivity index (χ2n) is 8.33. The Balaban J connectivity index is 1.58. The molecule has 0 unspecified atom stereocenters. The van der Waals surface area contributed by atoms with E-state index in [0.717, 1.165) is 33.4 Å². The van der Waals surface area contributed by atoms with Gasteiger partial charge in [-0.15, -0.1) is 0 Å². The van der Waals surface area contributed by atoms with Crippen molar-refractivity contribution in [2.45, 2.75) is 52.5 Å². The zero-order valence-electron chi connectivity index (χ0n) is 20.2. The zero-order valence-corrected chi connectivity index (χ0v) is 21.0. The van der Waals surface area contributed by atoms with Crippen molar-refractivity contribution < 1.29 is 17.9 Å². The fourth-order valence-corrected chi connectivity index (χ4v) is 5.40. The van der Waals surface area contributed by atoms with E-state index in [0.29, 0.717) is 22.9 Å². The van der Waals surface area contributed by atoms with E-state index in [-0.39, 0.29) is 18.9 Å². The smallest absolute Gasteiger partial charge is 0.241 e. The van der Waals surface area contributed by atoms with Crippen molar-refractivity contribution in [3.63, 3.8) is 0 Å². The van der Waals surface area contributed by atoms with Gasteiger partial charge in [0.2, 0.25) is 15.9 Å². The highest BCUT2D eigenvalue weighted by Crippen LogP contribution is 2.29. The summed E-state index contributed by atoms with van der Waals surface area (Å²) in [5.41, 5.74) is 6.02. The van der Waals surface area contributed by atoms with E-state index in [1.165, 1.54) is 0 Å². The Kier molecular flexibility index (Phi) is 8.06. The topological polar surface area (TPSA) is 97.4 Å². The van der Waals surface area contributed by atoms with Gasteiger partial charge in [0.15, 0.2) is 0 Å². The molecule has 1 aromatic heterocycles. The molecule has 0 aliphatic rings. The van der Waals surface area contributed by atoms with Gasteiger partial charge in [0.05, 0.1) is 4.90 Å². The Labute approximate surface area is 201 Å². The van der Waals surface area contributed by atoms with Crippen molar-refractivity contribution in [1.82, 2.24) is 9.71 Å². The first kappa shape index (κ1) is 25.4. The van der Waals surface area contributed by atoms with Gasteiger partial charge in [-0.3, -0.25) is 9.78 Å². The molecule has 0 spiro atoms. The molecular formula is C26H31N3O4S. The van der Waals surface area contributed by atoms with Crippen molar-refractivity contribution in [2.75, 3.05) is 11.9 Å². The van der Waals surface area contributed by atoms with Gasteiger partial charge in [-0.25, -0.2) is 13.1 Å². The summed E-state index contributed by atoms with van der Waals surface area (Å²) in [7, 11) is -3.75. The lowest BCUT2D eigenvalue weighted by Gasteiger charge is -2.19. The fraction of sp³-hybridized carbons (Fsp3) is 0.308.